The SMILES string of the molecule is COc1ccc(-c2nc(C)c3c(N)c(C(=O)N4CCCC4)sc3n2)cc1. The minimum absolute atomic E-state index is 0.00778. The number of carbonyl (C=O) groups is 1. The molecule has 7 heteroatoms. The molecule has 0 spiro atoms. The lowest BCUT2D eigenvalue weighted by molar-refractivity contribution is 0.0798. The molecule has 0 radical (unpaired) electrons. The Balaban J connectivity index is 1.78. The van der Waals surface area contributed by atoms with E-state index in [1.54, 1.807) is 7.11 Å². The summed E-state index contributed by atoms with van der Waals surface area (Å²) in [7, 11) is 1.63. The molecule has 1 aliphatic heterocycles. The molecule has 0 saturated carbocycles. The molecule has 2 N–H and O–H groups in total. The Morgan fingerprint density at radius 2 is 1.88 bits per heavy atom. The van der Waals surface area contributed by atoms with Crippen LogP contribution in [-0.4, -0.2) is 41.0 Å². The number of amides is 1. The second-order valence-corrected chi connectivity index (χ2v) is 7.38. The van der Waals surface area contributed by atoms with Crippen LogP contribution in [0.2, 0.25) is 0 Å². The Bertz CT molecular complexity index is 975. The number of hydrogen-bond donors (Lipinski definition) is 1. The van der Waals surface area contributed by atoms with Gasteiger partial charge in [-0.2, -0.15) is 0 Å². The van der Waals surface area contributed by atoms with Crippen molar-refractivity contribution in [3.05, 3.63) is 34.8 Å². The predicted molar refractivity (Wildman–Crippen MR) is 104 cm³/mol. The molecule has 1 aliphatic rings. The van der Waals surface area contributed by atoms with Crippen molar-refractivity contribution in [2.75, 3.05) is 25.9 Å². The molecule has 2 aromatic heterocycles. The summed E-state index contributed by atoms with van der Waals surface area (Å²) < 4.78 is 5.20. The number of nitrogens with two attached hydrogens (primary N) is 1. The molecule has 0 aliphatic carbocycles. The molecule has 134 valence electrons. The van der Waals surface area contributed by atoms with Gasteiger partial charge in [0.15, 0.2) is 5.82 Å². The van der Waals surface area contributed by atoms with Gasteiger partial charge in [-0.3, -0.25) is 4.79 Å². The predicted octanol–water partition coefficient (Wildman–Crippen LogP) is 3.49. The number of nitrogens with zero attached hydrogens (tertiary/aromatic N) is 3. The summed E-state index contributed by atoms with van der Waals surface area (Å²) in [6.07, 6.45) is 2.11. The van der Waals surface area contributed by atoms with Gasteiger partial charge >= 0.3 is 0 Å². The van der Waals surface area contributed by atoms with Crippen molar-refractivity contribution < 1.29 is 9.53 Å². The van der Waals surface area contributed by atoms with E-state index in [-0.39, 0.29) is 5.91 Å². The quantitative estimate of drug-likeness (QED) is 0.765. The number of thiophene rings is 1. The number of hydrogen-bond acceptors (Lipinski definition) is 6. The lowest BCUT2D eigenvalue weighted by Gasteiger charge is -2.14. The van der Waals surface area contributed by atoms with E-state index in [0.717, 1.165) is 53.2 Å². The van der Waals surface area contributed by atoms with Crippen LogP contribution in [0.3, 0.4) is 0 Å². The van der Waals surface area contributed by atoms with Crippen LogP contribution in [0.15, 0.2) is 24.3 Å². The fourth-order valence-corrected chi connectivity index (χ4v) is 4.40. The van der Waals surface area contributed by atoms with E-state index < -0.39 is 0 Å². The van der Waals surface area contributed by atoms with Gasteiger partial charge in [0.05, 0.1) is 23.9 Å². The second kappa shape index (κ2) is 6.57. The summed E-state index contributed by atoms with van der Waals surface area (Å²) >= 11 is 1.36. The van der Waals surface area contributed by atoms with Crippen LogP contribution in [0.5, 0.6) is 5.75 Å². The Morgan fingerprint density at radius 3 is 2.54 bits per heavy atom. The van der Waals surface area contributed by atoms with Crippen molar-refractivity contribution in [2.45, 2.75) is 19.8 Å². The summed E-state index contributed by atoms with van der Waals surface area (Å²) in [6, 6.07) is 7.60. The van der Waals surface area contributed by atoms with E-state index in [1.165, 1.54) is 11.3 Å². The first-order valence-electron chi connectivity index (χ1n) is 8.59. The van der Waals surface area contributed by atoms with Crippen molar-refractivity contribution >= 4 is 33.1 Å². The first-order chi connectivity index (χ1) is 12.6. The zero-order valence-corrected chi connectivity index (χ0v) is 15.6. The first kappa shape index (κ1) is 16.8. The number of anilines is 1. The van der Waals surface area contributed by atoms with Crippen LogP contribution in [0.1, 0.15) is 28.2 Å². The maximum Gasteiger partial charge on any atom is 0.266 e. The van der Waals surface area contributed by atoms with E-state index in [1.807, 2.05) is 36.1 Å². The fraction of sp³-hybridized carbons (Fsp3) is 0.316. The lowest BCUT2D eigenvalue weighted by atomic mass is 10.2. The highest BCUT2D eigenvalue weighted by Crippen LogP contribution is 2.36. The maximum absolute atomic E-state index is 12.8. The molecular formula is C19H20N4O2S. The van der Waals surface area contributed by atoms with E-state index in [0.29, 0.717) is 16.4 Å². The third-order valence-corrected chi connectivity index (χ3v) is 5.79. The van der Waals surface area contributed by atoms with Crippen LogP contribution < -0.4 is 10.5 Å². The highest BCUT2D eigenvalue weighted by molar-refractivity contribution is 7.21. The standard InChI is InChI=1S/C19H20N4O2S/c1-11-14-15(20)16(19(24)23-9-3-4-10-23)26-18(14)22-17(21-11)12-5-7-13(25-2)8-6-12/h5-8H,3-4,9-10,20H2,1-2H3. The van der Waals surface area contributed by atoms with Gasteiger partial charge in [-0.15, -0.1) is 11.3 Å². The summed E-state index contributed by atoms with van der Waals surface area (Å²) in [5.74, 6) is 1.41. The molecule has 3 aromatic rings. The van der Waals surface area contributed by atoms with Crippen molar-refractivity contribution in [3.63, 3.8) is 0 Å². The minimum Gasteiger partial charge on any atom is -0.497 e. The summed E-state index contributed by atoms with van der Waals surface area (Å²) in [5, 5.41) is 0.787. The van der Waals surface area contributed by atoms with Gasteiger partial charge in [-0.1, -0.05) is 0 Å². The number of likely N-dealkylation sites (tertiary alicyclic amines) is 1. The van der Waals surface area contributed by atoms with Gasteiger partial charge in [0, 0.05) is 18.7 Å². The number of ether oxygens (including phenoxy) is 1. The minimum atomic E-state index is 0.00778. The third kappa shape index (κ3) is 2.78. The number of rotatable bonds is 3. The zero-order chi connectivity index (χ0) is 18.3. The van der Waals surface area contributed by atoms with Gasteiger partial charge in [0.1, 0.15) is 15.5 Å². The van der Waals surface area contributed by atoms with Crippen molar-refractivity contribution in [2.24, 2.45) is 0 Å². The largest absolute Gasteiger partial charge is 0.497 e. The zero-order valence-electron chi connectivity index (χ0n) is 14.8. The number of nitrogen functional groups attached to an aromatic ring is 1. The first-order valence-corrected chi connectivity index (χ1v) is 9.40. The van der Waals surface area contributed by atoms with Gasteiger partial charge in [0.25, 0.3) is 5.91 Å². The number of aryl methyl sites for hydroxylation is 1. The van der Waals surface area contributed by atoms with Gasteiger partial charge in [-0.05, 0) is 44.0 Å². The number of fused-ring (bicyclic) bond motifs is 1. The number of aromatic nitrogens is 2. The molecule has 4 rings (SSSR count). The maximum atomic E-state index is 12.8. The monoisotopic (exact) mass is 368 g/mol. The third-order valence-electron chi connectivity index (χ3n) is 4.71. The topological polar surface area (TPSA) is 81.3 Å². The molecule has 1 aromatic carbocycles. The fourth-order valence-electron chi connectivity index (χ4n) is 3.29. The molecule has 1 fully saturated rings. The molecule has 1 saturated heterocycles. The lowest BCUT2D eigenvalue weighted by Crippen LogP contribution is -2.27. The summed E-state index contributed by atoms with van der Waals surface area (Å²) in [4.78, 5) is 25.2. The van der Waals surface area contributed by atoms with Crippen LogP contribution in [0, 0.1) is 6.92 Å². The molecular weight excluding hydrogens is 348 g/mol. The van der Waals surface area contributed by atoms with E-state index >= 15 is 0 Å². The number of carbonyl (C=O) groups excluding carboxylic acids is 1. The van der Waals surface area contributed by atoms with E-state index in [4.69, 9.17) is 10.5 Å². The van der Waals surface area contributed by atoms with Crippen molar-refractivity contribution in [3.8, 4) is 17.1 Å². The Morgan fingerprint density at radius 1 is 1.19 bits per heavy atom. The average molecular weight is 368 g/mol. The summed E-state index contributed by atoms with van der Waals surface area (Å²) in [6.45, 7) is 3.51. The average Bonchev–Trinajstić information content (AvgIpc) is 3.30. The normalized spacial score (nSPS) is 14.2. The highest BCUT2D eigenvalue weighted by atomic mass is 32.1. The second-order valence-electron chi connectivity index (χ2n) is 6.39. The molecule has 26 heavy (non-hydrogen) atoms. The van der Waals surface area contributed by atoms with Gasteiger partial charge in [0.2, 0.25) is 0 Å². The van der Waals surface area contributed by atoms with Crippen LogP contribution in [-0.2, 0) is 0 Å². The van der Waals surface area contributed by atoms with Crippen molar-refractivity contribution in [1.82, 2.24) is 14.9 Å². The van der Waals surface area contributed by atoms with Crippen LogP contribution in [0.4, 0.5) is 5.69 Å². The highest BCUT2D eigenvalue weighted by Gasteiger charge is 2.26. The van der Waals surface area contributed by atoms with E-state index in [9.17, 15) is 4.79 Å². The Labute approximate surface area is 155 Å². The number of methoxy groups -OCH3 is 1. The van der Waals surface area contributed by atoms with E-state index in [2.05, 4.69) is 9.97 Å². The Kier molecular flexibility index (Phi) is 4.24. The molecule has 3 heterocycles. The molecule has 1 amide bonds. The molecule has 0 bridgehead atoms. The van der Waals surface area contributed by atoms with Crippen molar-refractivity contribution in [1.29, 1.82) is 0 Å². The Hall–Kier alpha value is -2.67. The molecule has 0 atom stereocenters. The van der Waals surface area contributed by atoms with Gasteiger partial charge in [-0.25, -0.2) is 9.97 Å². The van der Waals surface area contributed by atoms with Gasteiger partial charge < -0.3 is 15.4 Å². The number of benzene rings is 1. The van der Waals surface area contributed by atoms with Crippen LogP contribution >= 0.6 is 11.3 Å². The summed E-state index contributed by atoms with van der Waals surface area (Å²) in [5.41, 5.74) is 8.49. The molecule has 0 unspecified atom stereocenters. The molecule has 6 nitrogen and oxygen atoms in total. The smallest absolute Gasteiger partial charge is 0.266 e. The van der Waals surface area contributed by atoms with Crippen LogP contribution in [0.25, 0.3) is 21.6 Å².